The molecule has 0 fully saturated rings. The minimum Gasteiger partial charge on any atom is -0.493 e. The highest BCUT2D eigenvalue weighted by atomic mass is 16.5. The molecule has 0 aromatic heterocycles. The third-order valence-electron chi connectivity index (χ3n) is 4.74. The number of hydrogen-bond donors (Lipinski definition) is 0. The molecule has 0 radical (unpaired) electrons. The van der Waals surface area contributed by atoms with Gasteiger partial charge in [0.15, 0.2) is 23.0 Å². The van der Waals surface area contributed by atoms with Crippen LogP contribution in [0.1, 0.15) is 49.1 Å². The average molecular weight is 396 g/mol. The van der Waals surface area contributed by atoms with E-state index in [9.17, 15) is 0 Å². The maximum atomic E-state index is 6.46. The van der Waals surface area contributed by atoms with Gasteiger partial charge in [0.2, 0.25) is 0 Å². The maximum absolute atomic E-state index is 6.46. The number of benzene rings is 2. The topological polar surface area (TPSA) is 46.2 Å². The maximum Gasteiger partial charge on any atom is 0.161 e. The summed E-state index contributed by atoms with van der Waals surface area (Å²) in [5.74, 6) is 9.20. The summed E-state index contributed by atoms with van der Waals surface area (Å²) in [4.78, 5) is 0. The summed E-state index contributed by atoms with van der Waals surface area (Å²) in [6, 6.07) is 7.77. The lowest BCUT2D eigenvalue weighted by Crippen LogP contribution is -2.25. The van der Waals surface area contributed by atoms with Crippen molar-refractivity contribution in [3.8, 4) is 34.8 Å². The lowest BCUT2D eigenvalue weighted by atomic mass is 9.91. The van der Waals surface area contributed by atoms with Crippen molar-refractivity contribution < 1.29 is 23.7 Å². The fourth-order valence-electron chi connectivity index (χ4n) is 3.45. The fraction of sp³-hybridized carbons (Fsp3) is 0.417. The predicted octanol–water partition coefficient (Wildman–Crippen LogP) is 4.53. The van der Waals surface area contributed by atoms with Crippen molar-refractivity contribution in [2.45, 2.75) is 38.9 Å². The first-order valence-electron chi connectivity index (χ1n) is 9.50. The molecule has 1 aliphatic carbocycles. The summed E-state index contributed by atoms with van der Waals surface area (Å²) in [5.41, 5.74) is 3.44. The monoisotopic (exact) mass is 396 g/mol. The number of fused-ring (bicyclic) bond motifs is 2. The Hall–Kier alpha value is -2.84. The lowest BCUT2D eigenvalue weighted by Gasteiger charge is -2.30. The molecule has 0 N–H and O–H groups in total. The zero-order chi connectivity index (χ0) is 21.2. The highest BCUT2D eigenvalue weighted by Crippen LogP contribution is 2.40. The van der Waals surface area contributed by atoms with Gasteiger partial charge in [-0.1, -0.05) is 11.8 Å². The molecule has 0 saturated carbocycles. The SMILES string of the molecule is COc1cc2c(cc1OC)CC(OC(C)(C)C)c1cc(OC)c(OC)cc1C#C2. The molecule has 0 heterocycles. The van der Waals surface area contributed by atoms with Crippen LogP contribution < -0.4 is 18.9 Å². The zero-order valence-corrected chi connectivity index (χ0v) is 18.1. The van der Waals surface area contributed by atoms with Crippen molar-refractivity contribution in [2.75, 3.05) is 28.4 Å². The second kappa shape index (κ2) is 8.26. The number of hydrogen-bond acceptors (Lipinski definition) is 5. The van der Waals surface area contributed by atoms with E-state index < -0.39 is 0 Å². The van der Waals surface area contributed by atoms with Gasteiger partial charge in [-0.05, 0) is 44.5 Å². The smallest absolute Gasteiger partial charge is 0.161 e. The van der Waals surface area contributed by atoms with Crippen molar-refractivity contribution in [1.82, 2.24) is 0 Å². The largest absolute Gasteiger partial charge is 0.493 e. The van der Waals surface area contributed by atoms with Gasteiger partial charge in [0.25, 0.3) is 0 Å². The van der Waals surface area contributed by atoms with Gasteiger partial charge in [-0.15, -0.1) is 0 Å². The van der Waals surface area contributed by atoms with Crippen molar-refractivity contribution in [2.24, 2.45) is 0 Å². The van der Waals surface area contributed by atoms with Crippen molar-refractivity contribution >= 4 is 0 Å². The van der Waals surface area contributed by atoms with E-state index in [-0.39, 0.29) is 11.7 Å². The van der Waals surface area contributed by atoms with Gasteiger partial charge in [0.05, 0.1) is 40.1 Å². The highest BCUT2D eigenvalue weighted by molar-refractivity contribution is 5.60. The van der Waals surface area contributed by atoms with Gasteiger partial charge in [-0.25, -0.2) is 0 Å². The lowest BCUT2D eigenvalue weighted by molar-refractivity contribution is -0.0616. The van der Waals surface area contributed by atoms with Crippen LogP contribution in [0.4, 0.5) is 0 Å². The van der Waals surface area contributed by atoms with E-state index in [0.29, 0.717) is 29.4 Å². The van der Waals surface area contributed by atoms with Crippen LogP contribution in [0.2, 0.25) is 0 Å². The van der Waals surface area contributed by atoms with Crippen LogP contribution in [0.3, 0.4) is 0 Å². The summed E-state index contributed by atoms with van der Waals surface area (Å²) in [5, 5.41) is 0. The van der Waals surface area contributed by atoms with Crippen molar-refractivity contribution in [1.29, 1.82) is 0 Å². The summed E-state index contributed by atoms with van der Waals surface area (Å²) in [7, 11) is 6.51. The molecule has 0 aliphatic heterocycles. The molecule has 0 amide bonds. The standard InChI is InChI=1S/C24H28O5/c1-24(2,3)29-19-12-17-13-22(27-6)20(25-4)10-15(17)8-9-16-11-21(26-5)23(28-7)14-18(16)19/h10-11,13-14,19H,12H2,1-7H3. The van der Waals surface area contributed by atoms with Gasteiger partial charge in [-0.3, -0.25) is 0 Å². The summed E-state index contributed by atoms with van der Waals surface area (Å²) < 4.78 is 28.4. The normalized spacial score (nSPS) is 15.1. The molecule has 5 nitrogen and oxygen atoms in total. The molecule has 1 aliphatic rings. The van der Waals surface area contributed by atoms with E-state index in [1.807, 2.05) is 45.0 Å². The minimum atomic E-state index is -0.335. The zero-order valence-electron chi connectivity index (χ0n) is 18.1. The number of rotatable bonds is 5. The molecule has 0 saturated heterocycles. The quantitative estimate of drug-likeness (QED) is 0.695. The van der Waals surface area contributed by atoms with E-state index in [4.69, 9.17) is 23.7 Å². The van der Waals surface area contributed by atoms with E-state index >= 15 is 0 Å². The highest BCUT2D eigenvalue weighted by Gasteiger charge is 2.27. The van der Waals surface area contributed by atoms with Crippen molar-refractivity contribution in [3.05, 3.63) is 46.5 Å². The third-order valence-corrected chi connectivity index (χ3v) is 4.74. The Morgan fingerprint density at radius 3 is 1.76 bits per heavy atom. The Labute approximate surface area is 172 Å². The Morgan fingerprint density at radius 1 is 0.724 bits per heavy atom. The molecule has 154 valence electrons. The molecule has 3 rings (SSSR count). The Balaban J connectivity index is 2.23. The first kappa shape index (κ1) is 20.9. The Kier molecular flexibility index (Phi) is 5.95. The Bertz CT molecular complexity index is 960. The first-order valence-corrected chi connectivity index (χ1v) is 9.50. The summed E-state index contributed by atoms with van der Waals surface area (Å²) >= 11 is 0. The second-order valence-corrected chi connectivity index (χ2v) is 7.83. The number of methoxy groups -OCH3 is 4. The van der Waals surface area contributed by atoms with Gasteiger partial charge < -0.3 is 23.7 Å². The molecule has 1 unspecified atom stereocenters. The van der Waals surface area contributed by atoms with Gasteiger partial charge >= 0.3 is 0 Å². The molecule has 2 aromatic rings. The van der Waals surface area contributed by atoms with Crippen LogP contribution in [0.25, 0.3) is 0 Å². The minimum absolute atomic E-state index is 0.212. The average Bonchev–Trinajstić information content (AvgIpc) is 2.68. The van der Waals surface area contributed by atoms with E-state index in [1.54, 1.807) is 28.4 Å². The van der Waals surface area contributed by atoms with Gasteiger partial charge in [0.1, 0.15) is 0 Å². The number of ether oxygens (including phenoxy) is 5. The Morgan fingerprint density at radius 2 is 1.21 bits per heavy atom. The molecule has 5 heteroatoms. The van der Waals surface area contributed by atoms with Crippen LogP contribution in [0, 0.1) is 11.8 Å². The van der Waals surface area contributed by atoms with Gasteiger partial charge in [0, 0.05) is 29.2 Å². The van der Waals surface area contributed by atoms with Crippen LogP contribution in [0.15, 0.2) is 24.3 Å². The summed E-state index contributed by atoms with van der Waals surface area (Å²) in [6.45, 7) is 6.15. The molecular weight excluding hydrogens is 368 g/mol. The molecule has 1 atom stereocenters. The van der Waals surface area contributed by atoms with Crippen LogP contribution >= 0.6 is 0 Å². The fourth-order valence-corrected chi connectivity index (χ4v) is 3.45. The molecule has 2 aromatic carbocycles. The van der Waals surface area contributed by atoms with Crippen LogP contribution in [0.5, 0.6) is 23.0 Å². The third kappa shape index (κ3) is 4.44. The molecule has 0 bridgehead atoms. The predicted molar refractivity (Wildman–Crippen MR) is 112 cm³/mol. The van der Waals surface area contributed by atoms with Crippen LogP contribution in [-0.2, 0) is 11.2 Å². The van der Waals surface area contributed by atoms with Crippen LogP contribution in [-0.4, -0.2) is 34.0 Å². The first-order chi connectivity index (χ1) is 13.8. The molecule has 29 heavy (non-hydrogen) atoms. The summed E-state index contributed by atoms with van der Waals surface area (Å²) in [6.07, 6.45) is 0.431. The van der Waals surface area contributed by atoms with Gasteiger partial charge in [-0.2, -0.15) is 0 Å². The van der Waals surface area contributed by atoms with E-state index in [1.165, 1.54) is 0 Å². The molecule has 0 spiro atoms. The molecular formula is C24H28O5. The van der Waals surface area contributed by atoms with E-state index in [0.717, 1.165) is 22.3 Å². The van der Waals surface area contributed by atoms with E-state index in [2.05, 4.69) is 11.8 Å². The van der Waals surface area contributed by atoms with Crippen molar-refractivity contribution in [3.63, 3.8) is 0 Å². The second-order valence-electron chi connectivity index (χ2n) is 7.83.